The van der Waals surface area contributed by atoms with Crippen LogP contribution in [-0.4, -0.2) is 27.6 Å². The number of aryl methyl sites for hydroxylation is 2. The van der Waals surface area contributed by atoms with Crippen LogP contribution in [0.3, 0.4) is 0 Å². The molecule has 2 aromatic rings. The fourth-order valence-corrected chi connectivity index (χ4v) is 1.89. The number of aromatic nitrogens is 2. The van der Waals surface area contributed by atoms with Gasteiger partial charge in [0.25, 0.3) is 5.91 Å². The number of amides is 1. The molecule has 0 atom stereocenters. The van der Waals surface area contributed by atoms with Gasteiger partial charge in [0, 0.05) is 43.7 Å². The van der Waals surface area contributed by atoms with Crippen molar-refractivity contribution in [2.24, 2.45) is 7.05 Å². The Morgan fingerprint density at radius 3 is 2.79 bits per heavy atom. The highest BCUT2D eigenvalue weighted by Gasteiger charge is 2.13. The maximum atomic E-state index is 12.3. The van der Waals surface area contributed by atoms with Gasteiger partial charge in [-0.05, 0) is 24.6 Å². The van der Waals surface area contributed by atoms with E-state index in [9.17, 15) is 4.79 Å². The molecule has 19 heavy (non-hydrogen) atoms. The Morgan fingerprint density at radius 2 is 2.21 bits per heavy atom. The Balaban J connectivity index is 2.12. The summed E-state index contributed by atoms with van der Waals surface area (Å²) in [6.45, 7) is 2.45. The molecule has 0 fully saturated rings. The van der Waals surface area contributed by atoms with Gasteiger partial charge in [0.15, 0.2) is 0 Å². The normalized spacial score (nSPS) is 10.5. The quantitative estimate of drug-likeness (QED) is 0.850. The van der Waals surface area contributed by atoms with Gasteiger partial charge in [0.2, 0.25) is 0 Å². The molecule has 1 aromatic heterocycles. The van der Waals surface area contributed by atoms with Crippen LogP contribution >= 0.6 is 0 Å². The molecule has 5 heteroatoms. The summed E-state index contributed by atoms with van der Waals surface area (Å²) in [5.41, 5.74) is 9.05. The summed E-state index contributed by atoms with van der Waals surface area (Å²) in [6.07, 6.45) is 3.65. The summed E-state index contributed by atoms with van der Waals surface area (Å²) in [5.74, 6) is -0.0458. The van der Waals surface area contributed by atoms with Crippen molar-refractivity contribution in [3.8, 4) is 0 Å². The largest absolute Gasteiger partial charge is 0.398 e. The fraction of sp³-hybridized carbons (Fsp3) is 0.286. The van der Waals surface area contributed by atoms with Crippen LogP contribution in [0.2, 0.25) is 0 Å². The molecule has 100 valence electrons. The van der Waals surface area contributed by atoms with Gasteiger partial charge in [-0.2, -0.15) is 5.10 Å². The van der Waals surface area contributed by atoms with E-state index in [1.165, 1.54) is 0 Å². The molecule has 1 aromatic carbocycles. The van der Waals surface area contributed by atoms with Crippen molar-refractivity contribution in [1.29, 1.82) is 0 Å². The third kappa shape index (κ3) is 2.93. The van der Waals surface area contributed by atoms with Gasteiger partial charge in [0.1, 0.15) is 0 Å². The zero-order valence-electron chi connectivity index (χ0n) is 11.4. The summed E-state index contributed by atoms with van der Waals surface area (Å²) >= 11 is 0. The summed E-state index contributed by atoms with van der Waals surface area (Å²) in [6, 6.07) is 5.38. The van der Waals surface area contributed by atoms with E-state index in [2.05, 4.69) is 5.10 Å². The number of carbonyl (C=O) groups is 1. The standard InChI is InChI=1S/C14H18N4O/c1-10-4-5-12(6-13(10)15)14(19)17(2)8-11-7-16-18(3)9-11/h4-7,9H,8,15H2,1-3H3. The Hall–Kier alpha value is -2.30. The van der Waals surface area contributed by atoms with E-state index in [-0.39, 0.29) is 5.91 Å². The molecule has 0 aliphatic rings. The summed E-state index contributed by atoms with van der Waals surface area (Å²) in [4.78, 5) is 13.9. The van der Waals surface area contributed by atoms with Crippen LogP contribution < -0.4 is 5.73 Å². The zero-order chi connectivity index (χ0) is 14.0. The smallest absolute Gasteiger partial charge is 0.253 e. The van der Waals surface area contributed by atoms with Gasteiger partial charge < -0.3 is 10.6 Å². The van der Waals surface area contributed by atoms with E-state index in [1.54, 1.807) is 35.0 Å². The number of nitrogens with two attached hydrogens (primary N) is 1. The second kappa shape index (κ2) is 5.14. The van der Waals surface area contributed by atoms with E-state index in [0.29, 0.717) is 17.8 Å². The number of hydrogen-bond acceptors (Lipinski definition) is 3. The summed E-state index contributed by atoms with van der Waals surface area (Å²) < 4.78 is 1.72. The lowest BCUT2D eigenvalue weighted by molar-refractivity contribution is 0.0785. The molecule has 0 bridgehead atoms. The average molecular weight is 258 g/mol. The number of benzene rings is 1. The van der Waals surface area contributed by atoms with Gasteiger partial charge >= 0.3 is 0 Å². The van der Waals surface area contributed by atoms with Crippen LogP contribution in [-0.2, 0) is 13.6 Å². The number of rotatable bonds is 3. The van der Waals surface area contributed by atoms with Crippen molar-refractivity contribution in [2.75, 3.05) is 12.8 Å². The van der Waals surface area contributed by atoms with Crippen molar-refractivity contribution < 1.29 is 4.79 Å². The van der Waals surface area contributed by atoms with Crippen LogP contribution in [0.15, 0.2) is 30.6 Å². The molecule has 5 nitrogen and oxygen atoms in total. The van der Waals surface area contributed by atoms with Crippen LogP contribution in [0.1, 0.15) is 21.5 Å². The van der Waals surface area contributed by atoms with Gasteiger partial charge in [-0.1, -0.05) is 6.07 Å². The molecule has 2 rings (SSSR count). The molecule has 0 saturated heterocycles. The summed E-state index contributed by atoms with van der Waals surface area (Å²) in [7, 11) is 3.62. The molecule has 0 radical (unpaired) electrons. The maximum Gasteiger partial charge on any atom is 0.253 e. The first kappa shape index (κ1) is 13.1. The first-order valence-electron chi connectivity index (χ1n) is 6.06. The third-order valence-corrected chi connectivity index (χ3v) is 3.05. The molecule has 0 aliphatic carbocycles. The average Bonchev–Trinajstić information content (AvgIpc) is 2.77. The van der Waals surface area contributed by atoms with Crippen molar-refractivity contribution in [3.05, 3.63) is 47.3 Å². The Labute approximate surface area is 112 Å². The first-order valence-corrected chi connectivity index (χ1v) is 6.06. The van der Waals surface area contributed by atoms with Gasteiger partial charge in [0.05, 0.1) is 6.20 Å². The van der Waals surface area contributed by atoms with E-state index >= 15 is 0 Å². The van der Waals surface area contributed by atoms with Crippen LogP contribution in [0.5, 0.6) is 0 Å². The second-order valence-corrected chi connectivity index (χ2v) is 4.75. The molecule has 0 aliphatic heterocycles. The number of hydrogen-bond donors (Lipinski definition) is 1. The number of carbonyl (C=O) groups excluding carboxylic acids is 1. The van der Waals surface area contributed by atoms with E-state index in [1.807, 2.05) is 26.2 Å². The molecular weight excluding hydrogens is 240 g/mol. The highest BCUT2D eigenvalue weighted by molar-refractivity contribution is 5.95. The SMILES string of the molecule is Cc1ccc(C(=O)N(C)Cc2cnn(C)c2)cc1N. The van der Waals surface area contributed by atoms with Crippen LogP contribution in [0, 0.1) is 6.92 Å². The topological polar surface area (TPSA) is 64.2 Å². The molecule has 1 amide bonds. The molecular formula is C14H18N4O. The van der Waals surface area contributed by atoms with Crippen molar-refractivity contribution in [3.63, 3.8) is 0 Å². The van der Waals surface area contributed by atoms with Crippen LogP contribution in [0.25, 0.3) is 0 Å². The first-order chi connectivity index (χ1) is 8.97. The minimum Gasteiger partial charge on any atom is -0.398 e. The maximum absolute atomic E-state index is 12.3. The highest BCUT2D eigenvalue weighted by Crippen LogP contribution is 2.15. The lowest BCUT2D eigenvalue weighted by atomic mass is 10.1. The summed E-state index contributed by atoms with van der Waals surface area (Å²) in [5, 5.41) is 4.09. The van der Waals surface area contributed by atoms with Crippen molar-refractivity contribution in [1.82, 2.24) is 14.7 Å². The lowest BCUT2D eigenvalue weighted by Gasteiger charge is -2.16. The number of anilines is 1. The molecule has 0 saturated carbocycles. The van der Waals surface area contributed by atoms with E-state index < -0.39 is 0 Å². The third-order valence-electron chi connectivity index (χ3n) is 3.05. The highest BCUT2D eigenvalue weighted by atomic mass is 16.2. The minimum absolute atomic E-state index is 0.0458. The van der Waals surface area contributed by atoms with E-state index in [4.69, 9.17) is 5.73 Å². The second-order valence-electron chi connectivity index (χ2n) is 4.75. The monoisotopic (exact) mass is 258 g/mol. The van der Waals surface area contributed by atoms with Crippen LogP contribution in [0.4, 0.5) is 5.69 Å². The molecule has 0 unspecified atom stereocenters. The molecule has 1 heterocycles. The number of nitrogens with zero attached hydrogens (tertiary/aromatic N) is 3. The van der Waals surface area contributed by atoms with Gasteiger partial charge in [-0.15, -0.1) is 0 Å². The Bertz CT molecular complexity index is 603. The Kier molecular flexibility index (Phi) is 3.55. The van der Waals surface area contributed by atoms with Crippen molar-refractivity contribution >= 4 is 11.6 Å². The minimum atomic E-state index is -0.0458. The van der Waals surface area contributed by atoms with Gasteiger partial charge in [-0.25, -0.2) is 0 Å². The van der Waals surface area contributed by atoms with E-state index in [0.717, 1.165) is 11.1 Å². The number of nitrogen functional groups attached to an aromatic ring is 1. The predicted molar refractivity (Wildman–Crippen MR) is 74.6 cm³/mol. The lowest BCUT2D eigenvalue weighted by Crippen LogP contribution is -2.26. The molecule has 2 N–H and O–H groups in total. The Morgan fingerprint density at radius 1 is 1.47 bits per heavy atom. The fourth-order valence-electron chi connectivity index (χ4n) is 1.89. The van der Waals surface area contributed by atoms with Gasteiger partial charge in [-0.3, -0.25) is 9.48 Å². The predicted octanol–water partition coefficient (Wildman–Crippen LogP) is 1.58. The van der Waals surface area contributed by atoms with Crippen molar-refractivity contribution in [2.45, 2.75) is 13.5 Å². The zero-order valence-corrected chi connectivity index (χ0v) is 11.4. The molecule has 0 spiro atoms.